The quantitative estimate of drug-likeness (QED) is 0.678. The maximum Gasteiger partial charge on any atom is 0.0956 e. The second-order valence-corrected chi connectivity index (χ2v) is 3.59. The Morgan fingerprint density at radius 3 is 2.38 bits per heavy atom. The fourth-order valence-electron chi connectivity index (χ4n) is 1.48. The molecule has 0 fully saturated rings. The van der Waals surface area contributed by atoms with E-state index >= 15 is 0 Å². The Kier molecular flexibility index (Phi) is 3.55. The first-order valence-corrected chi connectivity index (χ1v) is 4.75. The number of allylic oxidation sites excluding steroid dienone is 2. The van der Waals surface area contributed by atoms with Gasteiger partial charge in [0.1, 0.15) is 0 Å². The van der Waals surface area contributed by atoms with Crippen LogP contribution in [0.4, 0.5) is 0 Å². The van der Waals surface area contributed by atoms with E-state index in [1.165, 1.54) is 5.57 Å². The zero-order valence-corrected chi connectivity index (χ0v) is 8.58. The lowest BCUT2D eigenvalue weighted by atomic mass is 9.90. The largest absolute Gasteiger partial charge is 0.501 e. The predicted molar refractivity (Wildman–Crippen MR) is 53.3 cm³/mol. The Bertz CT molecular complexity index is 226. The van der Waals surface area contributed by atoms with Crippen LogP contribution in [0.25, 0.3) is 0 Å². The molecule has 0 spiro atoms. The van der Waals surface area contributed by atoms with Crippen molar-refractivity contribution in [3.8, 4) is 0 Å². The van der Waals surface area contributed by atoms with E-state index in [1.54, 1.807) is 7.11 Å². The van der Waals surface area contributed by atoms with Crippen LogP contribution >= 0.6 is 0 Å². The van der Waals surface area contributed by atoms with E-state index in [9.17, 15) is 5.11 Å². The van der Waals surface area contributed by atoms with Gasteiger partial charge in [-0.3, -0.25) is 0 Å². The summed E-state index contributed by atoms with van der Waals surface area (Å²) in [6, 6.07) is 0. The summed E-state index contributed by atoms with van der Waals surface area (Å²) in [6.07, 6.45) is 5.77. The van der Waals surface area contributed by atoms with Crippen molar-refractivity contribution in [3.63, 3.8) is 0 Å². The van der Waals surface area contributed by atoms with Crippen molar-refractivity contribution in [1.82, 2.24) is 0 Å². The van der Waals surface area contributed by atoms with Gasteiger partial charge >= 0.3 is 0 Å². The molecule has 0 radical (unpaired) electrons. The molecule has 0 aromatic rings. The molecule has 2 nitrogen and oxygen atoms in total. The van der Waals surface area contributed by atoms with Gasteiger partial charge in [0.25, 0.3) is 0 Å². The van der Waals surface area contributed by atoms with E-state index in [4.69, 9.17) is 4.74 Å². The molecule has 0 aromatic heterocycles. The normalized spacial score (nSPS) is 21.5. The minimum Gasteiger partial charge on any atom is -0.501 e. The van der Waals surface area contributed by atoms with E-state index in [1.807, 2.05) is 6.92 Å². The monoisotopic (exact) mass is 182 g/mol. The summed E-state index contributed by atoms with van der Waals surface area (Å²) in [4.78, 5) is 0. The van der Waals surface area contributed by atoms with Crippen LogP contribution < -0.4 is 0 Å². The third-order valence-electron chi connectivity index (χ3n) is 2.70. The lowest BCUT2D eigenvalue weighted by Gasteiger charge is -2.21. The van der Waals surface area contributed by atoms with Gasteiger partial charge in [-0.2, -0.15) is 0 Å². The van der Waals surface area contributed by atoms with Gasteiger partial charge in [0.2, 0.25) is 0 Å². The summed E-state index contributed by atoms with van der Waals surface area (Å²) in [5, 5.41) is 9.40. The zero-order valence-electron chi connectivity index (χ0n) is 8.58. The standard InChI is InChI=1S/C11H18O2/c1-8(9(2)12)10-4-6-11(13-3)7-5-10/h4,7-9,12H,5-6H2,1-3H3. The molecular formula is C11H18O2. The van der Waals surface area contributed by atoms with Gasteiger partial charge in [-0.1, -0.05) is 18.6 Å². The molecule has 0 aliphatic heterocycles. The Hall–Kier alpha value is -0.760. The number of ether oxygens (including phenoxy) is 1. The Labute approximate surface area is 79.9 Å². The average Bonchev–Trinajstić information content (AvgIpc) is 2.17. The van der Waals surface area contributed by atoms with Crippen LogP contribution in [0, 0.1) is 5.92 Å². The Morgan fingerprint density at radius 2 is 2.00 bits per heavy atom. The minimum atomic E-state index is -0.260. The average molecular weight is 182 g/mol. The fraction of sp³-hybridized carbons (Fsp3) is 0.636. The highest BCUT2D eigenvalue weighted by Crippen LogP contribution is 2.25. The van der Waals surface area contributed by atoms with Crippen LogP contribution in [0.2, 0.25) is 0 Å². The van der Waals surface area contributed by atoms with Crippen molar-refractivity contribution in [2.24, 2.45) is 5.92 Å². The maximum atomic E-state index is 9.40. The van der Waals surface area contributed by atoms with E-state index in [2.05, 4.69) is 19.1 Å². The van der Waals surface area contributed by atoms with Gasteiger partial charge in [0, 0.05) is 12.3 Å². The fourth-order valence-corrected chi connectivity index (χ4v) is 1.48. The summed E-state index contributed by atoms with van der Waals surface area (Å²) in [6.45, 7) is 3.89. The maximum absolute atomic E-state index is 9.40. The minimum absolute atomic E-state index is 0.259. The highest BCUT2D eigenvalue weighted by Gasteiger charge is 2.15. The van der Waals surface area contributed by atoms with Crippen molar-refractivity contribution < 1.29 is 9.84 Å². The van der Waals surface area contributed by atoms with E-state index in [0.717, 1.165) is 18.6 Å². The molecule has 0 saturated carbocycles. The van der Waals surface area contributed by atoms with Gasteiger partial charge in [0.15, 0.2) is 0 Å². The molecule has 2 atom stereocenters. The second kappa shape index (κ2) is 4.47. The van der Waals surface area contributed by atoms with E-state index in [-0.39, 0.29) is 12.0 Å². The van der Waals surface area contributed by atoms with Crippen LogP contribution in [0.1, 0.15) is 26.7 Å². The highest BCUT2D eigenvalue weighted by molar-refractivity contribution is 5.20. The Balaban J connectivity index is 2.53. The lowest BCUT2D eigenvalue weighted by Crippen LogP contribution is -2.16. The molecule has 2 unspecified atom stereocenters. The van der Waals surface area contributed by atoms with Crippen molar-refractivity contribution in [3.05, 3.63) is 23.5 Å². The van der Waals surface area contributed by atoms with Crippen molar-refractivity contribution in [1.29, 1.82) is 0 Å². The molecule has 1 aliphatic carbocycles. The molecule has 74 valence electrons. The SMILES string of the molecule is COC1=CCC(C(C)C(C)O)=CC1. The molecule has 0 heterocycles. The molecule has 13 heavy (non-hydrogen) atoms. The first-order chi connectivity index (χ1) is 6.15. The zero-order chi connectivity index (χ0) is 9.84. The van der Waals surface area contributed by atoms with Gasteiger partial charge in [-0.25, -0.2) is 0 Å². The number of aliphatic hydroxyl groups is 1. The van der Waals surface area contributed by atoms with Crippen LogP contribution in [-0.2, 0) is 4.74 Å². The topological polar surface area (TPSA) is 29.5 Å². The summed E-state index contributed by atoms with van der Waals surface area (Å²) in [7, 11) is 1.70. The van der Waals surface area contributed by atoms with E-state index in [0.29, 0.717) is 0 Å². The number of methoxy groups -OCH3 is 1. The van der Waals surface area contributed by atoms with Crippen molar-refractivity contribution >= 4 is 0 Å². The number of rotatable bonds is 3. The van der Waals surface area contributed by atoms with Gasteiger partial charge < -0.3 is 9.84 Å². The van der Waals surface area contributed by atoms with Crippen molar-refractivity contribution in [2.45, 2.75) is 32.8 Å². The van der Waals surface area contributed by atoms with Gasteiger partial charge in [-0.05, 0) is 19.4 Å². The second-order valence-electron chi connectivity index (χ2n) is 3.59. The predicted octanol–water partition coefficient (Wildman–Crippen LogP) is 2.25. The number of aliphatic hydroxyl groups excluding tert-OH is 1. The molecule has 1 rings (SSSR count). The number of hydrogen-bond acceptors (Lipinski definition) is 2. The molecule has 0 aromatic carbocycles. The first-order valence-electron chi connectivity index (χ1n) is 4.75. The first kappa shape index (κ1) is 10.3. The van der Waals surface area contributed by atoms with Crippen LogP contribution in [0.5, 0.6) is 0 Å². The van der Waals surface area contributed by atoms with Crippen molar-refractivity contribution in [2.75, 3.05) is 7.11 Å². The summed E-state index contributed by atoms with van der Waals surface area (Å²) in [5.41, 5.74) is 1.32. The third kappa shape index (κ3) is 2.59. The number of hydrogen-bond donors (Lipinski definition) is 1. The molecule has 0 bridgehead atoms. The lowest BCUT2D eigenvalue weighted by molar-refractivity contribution is 0.150. The summed E-state index contributed by atoms with van der Waals surface area (Å²) >= 11 is 0. The van der Waals surface area contributed by atoms with Crippen LogP contribution in [0.15, 0.2) is 23.5 Å². The highest BCUT2D eigenvalue weighted by atomic mass is 16.5. The summed E-state index contributed by atoms with van der Waals surface area (Å²) in [5.74, 6) is 1.29. The van der Waals surface area contributed by atoms with Gasteiger partial charge in [0.05, 0.1) is 19.0 Å². The smallest absolute Gasteiger partial charge is 0.0956 e. The van der Waals surface area contributed by atoms with Gasteiger partial charge in [-0.15, -0.1) is 0 Å². The molecular weight excluding hydrogens is 164 g/mol. The molecule has 2 heteroatoms. The Morgan fingerprint density at radius 1 is 1.31 bits per heavy atom. The van der Waals surface area contributed by atoms with E-state index < -0.39 is 0 Å². The molecule has 0 amide bonds. The third-order valence-corrected chi connectivity index (χ3v) is 2.70. The molecule has 1 N–H and O–H groups in total. The summed E-state index contributed by atoms with van der Waals surface area (Å²) < 4.78 is 5.13. The molecule has 1 aliphatic rings. The molecule has 0 saturated heterocycles. The van der Waals surface area contributed by atoms with Crippen LogP contribution in [0.3, 0.4) is 0 Å². The van der Waals surface area contributed by atoms with Crippen LogP contribution in [-0.4, -0.2) is 18.3 Å².